The smallest absolute Gasteiger partial charge is 0.280 e. The first-order valence-electron chi connectivity index (χ1n) is 9.57. The number of hydrogen-bond acceptors (Lipinski definition) is 7. The second-order valence-corrected chi connectivity index (χ2v) is 7.41. The van der Waals surface area contributed by atoms with Crippen LogP contribution in [0.2, 0.25) is 5.02 Å². The van der Waals surface area contributed by atoms with E-state index >= 15 is 0 Å². The van der Waals surface area contributed by atoms with Gasteiger partial charge >= 0.3 is 0 Å². The molecule has 0 aliphatic carbocycles. The molecule has 9 nitrogen and oxygen atoms in total. The molecule has 4 aromatic rings. The molecule has 0 radical (unpaired) electrons. The molecule has 29 heavy (non-hydrogen) atoms. The first kappa shape index (κ1) is 16.9. The van der Waals surface area contributed by atoms with E-state index in [9.17, 15) is 4.79 Å². The van der Waals surface area contributed by atoms with Crippen LogP contribution in [-0.2, 0) is 18.3 Å². The Morgan fingerprint density at radius 2 is 2.14 bits per heavy atom. The van der Waals surface area contributed by atoms with Gasteiger partial charge in [0.05, 0.1) is 19.0 Å². The number of fused-ring (bicyclic) bond motifs is 1. The third-order valence-corrected chi connectivity index (χ3v) is 5.28. The van der Waals surface area contributed by atoms with Crippen molar-refractivity contribution >= 4 is 22.8 Å². The molecule has 1 aliphatic heterocycles. The lowest BCUT2D eigenvalue weighted by Crippen LogP contribution is -2.22. The van der Waals surface area contributed by atoms with Crippen molar-refractivity contribution in [1.82, 2.24) is 29.2 Å². The zero-order valence-corrected chi connectivity index (χ0v) is 16.2. The molecule has 0 saturated carbocycles. The second kappa shape index (κ2) is 7.09. The van der Waals surface area contributed by atoms with E-state index in [1.54, 1.807) is 7.05 Å². The molecule has 2 unspecified atom stereocenters. The maximum Gasteiger partial charge on any atom is 0.280 e. The van der Waals surface area contributed by atoms with Gasteiger partial charge in [-0.25, -0.2) is 9.97 Å². The first-order valence-corrected chi connectivity index (χ1v) is 9.45. The largest absolute Gasteiger partial charge is 0.373 e. The fourth-order valence-corrected chi connectivity index (χ4v) is 3.62. The van der Waals surface area contributed by atoms with Gasteiger partial charge in [0, 0.05) is 18.0 Å². The van der Waals surface area contributed by atoms with Crippen molar-refractivity contribution in [2.75, 3.05) is 6.61 Å². The number of rotatable bonds is 4. The summed E-state index contributed by atoms with van der Waals surface area (Å²) in [5, 5.41) is 4.76. The van der Waals surface area contributed by atoms with Gasteiger partial charge in [-0.15, -0.1) is 0 Å². The van der Waals surface area contributed by atoms with Gasteiger partial charge in [0.1, 0.15) is 14.2 Å². The Bertz CT molecular complexity index is 1280. The highest BCUT2D eigenvalue weighted by Crippen LogP contribution is 2.37. The third kappa shape index (κ3) is 3.32. The van der Waals surface area contributed by atoms with E-state index in [0.717, 1.165) is 12.0 Å². The van der Waals surface area contributed by atoms with E-state index < -0.39 is 0 Å². The van der Waals surface area contributed by atoms with E-state index in [2.05, 4.69) is 20.1 Å². The van der Waals surface area contributed by atoms with Crippen molar-refractivity contribution in [3.8, 4) is 0 Å². The number of benzene rings is 1. The molecule has 10 heteroatoms. The Hall–Kier alpha value is -3.04. The number of aromatic nitrogens is 6. The van der Waals surface area contributed by atoms with Crippen LogP contribution in [0.4, 0.5) is 0 Å². The number of ether oxygens (including phenoxy) is 1. The summed E-state index contributed by atoms with van der Waals surface area (Å²) in [6.45, 7) is 0.572. The second-order valence-electron chi connectivity index (χ2n) is 6.97. The van der Waals surface area contributed by atoms with Gasteiger partial charge < -0.3 is 13.8 Å². The fraction of sp³-hybridized carbons (Fsp3) is 0.316. The molecule has 1 fully saturated rings. The van der Waals surface area contributed by atoms with Gasteiger partial charge in [-0.05, 0) is 24.1 Å². The number of halogens is 1. The van der Waals surface area contributed by atoms with Crippen molar-refractivity contribution in [2.24, 2.45) is 7.05 Å². The van der Waals surface area contributed by atoms with Crippen LogP contribution in [0.5, 0.6) is 0 Å². The average molecular weight is 414 g/mol. The summed E-state index contributed by atoms with van der Waals surface area (Å²) in [6.07, 6.45) is 2.03. The molecule has 1 aromatic carbocycles. The molecule has 5 rings (SSSR count). The van der Waals surface area contributed by atoms with Crippen molar-refractivity contribution in [2.45, 2.75) is 25.0 Å². The van der Waals surface area contributed by atoms with E-state index in [1.807, 2.05) is 24.3 Å². The van der Waals surface area contributed by atoms with Gasteiger partial charge in [0.25, 0.3) is 5.56 Å². The van der Waals surface area contributed by atoms with E-state index in [-0.39, 0.29) is 41.6 Å². The summed E-state index contributed by atoms with van der Waals surface area (Å²) >= 11 is 5.95. The van der Waals surface area contributed by atoms with Gasteiger partial charge in [-0.3, -0.25) is 9.36 Å². The Morgan fingerprint density at radius 3 is 2.97 bits per heavy atom. The first-order chi connectivity index (χ1) is 14.5. The maximum atomic E-state index is 12.7. The standard InChI is InChI=1S/C19H17ClN6O3/c1-25-9-21-18-16(25)19(27)26(10-22-18)7-15-23-17(24-29-15)12-6-14(28-8-12)11-2-4-13(20)5-3-11/h2-5,9-10,12,14H,6-8H2,1H3/i9D. The molecule has 4 heterocycles. The molecule has 0 spiro atoms. The summed E-state index contributed by atoms with van der Waals surface area (Å²) in [7, 11) is 1.60. The van der Waals surface area contributed by atoms with Crippen LogP contribution in [-0.4, -0.2) is 35.8 Å². The topological polar surface area (TPSA) is 101 Å². The van der Waals surface area contributed by atoms with Gasteiger partial charge in [-0.2, -0.15) is 4.98 Å². The van der Waals surface area contributed by atoms with Gasteiger partial charge in [0.2, 0.25) is 5.89 Å². The predicted octanol–water partition coefficient (Wildman–Crippen LogP) is 2.46. The highest BCUT2D eigenvalue weighted by Gasteiger charge is 2.31. The number of aryl methyl sites for hydroxylation is 1. The lowest BCUT2D eigenvalue weighted by molar-refractivity contribution is 0.110. The lowest BCUT2D eigenvalue weighted by atomic mass is 10.0. The Kier molecular flexibility index (Phi) is 4.12. The predicted molar refractivity (Wildman–Crippen MR) is 104 cm³/mol. The summed E-state index contributed by atoms with van der Waals surface area (Å²) in [5.41, 5.74) is 1.24. The SMILES string of the molecule is [2H]c1nc2ncn(Cc3nc(C4COC(c5ccc(Cl)cc5)C4)no3)c(=O)c2n1C. The zero-order chi connectivity index (χ0) is 20.8. The van der Waals surface area contributed by atoms with Crippen LogP contribution in [0.15, 0.2) is 46.2 Å². The van der Waals surface area contributed by atoms with Crippen molar-refractivity contribution in [1.29, 1.82) is 0 Å². The minimum absolute atomic E-state index is 0.00320. The minimum Gasteiger partial charge on any atom is -0.373 e. The molecule has 2 atom stereocenters. The summed E-state index contributed by atoms with van der Waals surface area (Å²) in [6, 6.07) is 7.59. The maximum absolute atomic E-state index is 12.7. The van der Waals surface area contributed by atoms with Crippen LogP contribution in [0.1, 0.15) is 37.1 Å². The monoisotopic (exact) mass is 413 g/mol. The normalized spacial score (nSPS) is 19.7. The van der Waals surface area contributed by atoms with Gasteiger partial charge in [0.15, 0.2) is 17.0 Å². The molecule has 0 N–H and O–H groups in total. The zero-order valence-electron chi connectivity index (χ0n) is 16.4. The molecule has 3 aromatic heterocycles. The molecule has 148 valence electrons. The molecular weight excluding hydrogens is 396 g/mol. The third-order valence-electron chi connectivity index (χ3n) is 5.03. The Morgan fingerprint density at radius 1 is 1.31 bits per heavy atom. The molecular formula is C19H17ClN6O3. The van der Waals surface area contributed by atoms with Gasteiger partial charge in [-0.1, -0.05) is 28.9 Å². The van der Waals surface area contributed by atoms with E-state index in [1.165, 1.54) is 15.5 Å². The van der Waals surface area contributed by atoms with Crippen molar-refractivity contribution in [3.63, 3.8) is 0 Å². The molecule has 0 bridgehead atoms. The summed E-state index contributed by atoms with van der Waals surface area (Å²) < 4.78 is 21.7. The Labute approximate surface area is 171 Å². The van der Waals surface area contributed by atoms with Crippen LogP contribution in [0, 0.1) is 0 Å². The average Bonchev–Trinajstić information content (AvgIpc) is 3.45. The van der Waals surface area contributed by atoms with Crippen LogP contribution < -0.4 is 5.56 Å². The quantitative estimate of drug-likeness (QED) is 0.506. The minimum atomic E-state index is -0.319. The number of nitrogens with zero attached hydrogens (tertiary/aromatic N) is 6. The summed E-state index contributed by atoms with van der Waals surface area (Å²) in [4.78, 5) is 25.3. The molecule has 1 saturated heterocycles. The van der Waals surface area contributed by atoms with Crippen molar-refractivity contribution < 1.29 is 10.6 Å². The van der Waals surface area contributed by atoms with Crippen molar-refractivity contribution in [3.05, 3.63) is 69.6 Å². The van der Waals surface area contributed by atoms with Crippen LogP contribution in [0.3, 0.4) is 0 Å². The Balaban J connectivity index is 1.33. The van der Waals surface area contributed by atoms with E-state index in [4.69, 9.17) is 22.2 Å². The van der Waals surface area contributed by atoms with E-state index in [0.29, 0.717) is 23.3 Å². The molecule has 0 amide bonds. The number of imidazole rings is 1. The molecule has 1 aliphatic rings. The lowest BCUT2D eigenvalue weighted by Gasteiger charge is -2.09. The number of hydrogen-bond donors (Lipinski definition) is 0. The van der Waals surface area contributed by atoms with Crippen LogP contribution in [0.25, 0.3) is 11.2 Å². The van der Waals surface area contributed by atoms with Crippen LogP contribution >= 0.6 is 11.6 Å². The summed E-state index contributed by atoms with van der Waals surface area (Å²) in [5.74, 6) is 0.859. The highest BCUT2D eigenvalue weighted by atomic mass is 35.5. The fourth-order valence-electron chi connectivity index (χ4n) is 3.49. The highest BCUT2D eigenvalue weighted by molar-refractivity contribution is 6.30.